The molecule has 5 aliphatic rings. The minimum absolute atomic E-state index is 0.0668. The lowest BCUT2D eigenvalue weighted by atomic mass is 10.0. The van der Waals surface area contributed by atoms with E-state index in [1.165, 1.54) is 12.1 Å². The molecule has 10 nitrogen and oxygen atoms in total. The Morgan fingerprint density at radius 2 is 1.69 bits per heavy atom. The number of nitrogens with zero attached hydrogens (tertiary/aromatic N) is 4. The first-order valence-corrected chi connectivity index (χ1v) is 15.7. The van der Waals surface area contributed by atoms with Gasteiger partial charge < -0.3 is 19.3 Å². The molecule has 3 heterocycles. The van der Waals surface area contributed by atoms with Crippen LogP contribution in [0.1, 0.15) is 38.5 Å². The third kappa shape index (κ3) is 5.16. The summed E-state index contributed by atoms with van der Waals surface area (Å²) in [6, 6.07) is 5.18. The number of fused-ring (bicyclic) bond motifs is 2. The zero-order valence-corrected chi connectivity index (χ0v) is 24.1. The van der Waals surface area contributed by atoms with Gasteiger partial charge >= 0.3 is 6.09 Å². The van der Waals surface area contributed by atoms with Crippen LogP contribution in [0, 0.1) is 5.92 Å². The first-order chi connectivity index (χ1) is 18.6. The third-order valence-corrected chi connectivity index (χ3v) is 11.1. The van der Waals surface area contributed by atoms with Gasteiger partial charge in [-0.05, 0) is 82.8 Å². The Morgan fingerprint density at radius 1 is 1.05 bits per heavy atom. The summed E-state index contributed by atoms with van der Waals surface area (Å²) in [4.78, 5) is 32.0. The molecule has 3 saturated heterocycles. The van der Waals surface area contributed by atoms with Crippen molar-refractivity contribution in [2.75, 3.05) is 46.9 Å². The van der Waals surface area contributed by atoms with E-state index < -0.39 is 27.8 Å². The maximum Gasteiger partial charge on any atom is 0.411 e. The van der Waals surface area contributed by atoms with Crippen LogP contribution in [-0.2, 0) is 24.3 Å². The normalized spacial score (nSPS) is 30.5. The van der Waals surface area contributed by atoms with Gasteiger partial charge in [-0.15, -0.1) is 0 Å². The number of morpholine rings is 1. The standard InChI is InChI=1S/C27H37ClN4O6S/c1-29(2)15-25(33)30-13-20-7-8-21(14-30)31(20)26(34)38-27(11-12-27)24-17-37-16-23(18-3-4-18)32(24)39(35,36)22-9-5-19(28)6-10-22/h5-6,9-10,18,20-21,23-24H,3-4,7-8,11-17H2,1-2H3/t20?,21?,23?,24-/m1/s1. The summed E-state index contributed by atoms with van der Waals surface area (Å²) in [6.45, 7) is 1.86. The Balaban J connectivity index is 1.22. The predicted molar refractivity (Wildman–Crippen MR) is 144 cm³/mol. The van der Waals surface area contributed by atoms with E-state index in [1.54, 1.807) is 21.3 Å². The molecule has 1 aromatic rings. The van der Waals surface area contributed by atoms with Crippen LogP contribution in [0.3, 0.4) is 0 Å². The van der Waals surface area contributed by atoms with Gasteiger partial charge in [0.1, 0.15) is 5.60 Å². The molecule has 3 unspecified atom stereocenters. The Hall–Kier alpha value is -1.92. The molecule has 0 spiro atoms. The minimum atomic E-state index is -3.88. The lowest BCUT2D eigenvalue weighted by molar-refractivity contribution is -0.135. The Morgan fingerprint density at radius 3 is 2.26 bits per heavy atom. The minimum Gasteiger partial charge on any atom is -0.441 e. The van der Waals surface area contributed by atoms with Gasteiger partial charge in [-0.25, -0.2) is 13.2 Å². The van der Waals surface area contributed by atoms with E-state index in [1.807, 2.05) is 23.9 Å². The van der Waals surface area contributed by atoms with Gasteiger partial charge in [0.25, 0.3) is 0 Å². The average Bonchev–Trinajstić information content (AvgIpc) is 3.82. The number of likely N-dealkylation sites (tertiary alicyclic amines) is 1. The Labute approximate surface area is 235 Å². The molecule has 2 aliphatic carbocycles. The molecule has 2 saturated carbocycles. The van der Waals surface area contributed by atoms with Crippen molar-refractivity contribution < 1.29 is 27.5 Å². The first kappa shape index (κ1) is 27.3. The van der Waals surface area contributed by atoms with E-state index in [-0.39, 0.29) is 41.5 Å². The van der Waals surface area contributed by atoms with Crippen LogP contribution < -0.4 is 0 Å². The highest BCUT2D eigenvalue weighted by molar-refractivity contribution is 7.89. The number of benzene rings is 1. The summed E-state index contributed by atoms with van der Waals surface area (Å²) in [6.07, 6.45) is 4.34. The number of hydrogen-bond donors (Lipinski definition) is 0. The van der Waals surface area contributed by atoms with Crippen molar-refractivity contribution >= 4 is 33.6 Å². The lowest BCUT2D eigenvalue weighted by Gasteiger charge is -2.45. The monoisotopic (exact) mass is 580 g/mol. The quantitative estimate of drug-likeness (QED) is 0.488. The van der Waals surface area contributed by atoms with Gasteiger partial charge in [0.2, 0.25) is 15.9 Å². The Bertz CT molecular complexity index is 1210. The number of likely N-dealkylation sites (N-methyl/N-ethyl adjacent to an activating group) is 1. The van der Waals surface area contributed by atoms with Crippen molar-refractivity contribution in [3.63, 3.8) is 0 Å². The van der Waals surface area contributed by atoms with Gasteiger partial charge in [0.05, 0.1) is 48.8 Å². The fourth-order valence-electron chi connectivity index (χ4n) is 6.59. The zero-order valence-electron chi connectivity index (χ0n) is 22.5. The molecule has 214 valence electrons. The van der Waals surface area contributed by atoms with E-state index in [0.717, 1.165) is 25.7 Å². The molecule has 12 heteroatoms. The second kappa shape index (κ2) is 10.2. The number of carbonyl (C=O) groups is 2. The topological polar surface area (TPSA) is 99.7 Å². The molecule has 3 aliphatic heterocycles. The lowest BCUT2D eigenvalue weighted by Crippen LogP contribution is -2.63. The van der Waals surface area contributed by atoms with Crippen molar-refractivity contribution in [1.82, 2.24) is 19.0 Å². The molecule has 0 radical (unpaired) electrons. The van der Waals surface area contributed by atoms with Gasteiger partial charge in [0, 0.05) is 18.1 Å². The van der Waals surface area contributed by atoms with Crippen LogP contribution in [0.25, 0.3) is 0 Å². The fourth-order valence-corrected chi connectivity index (χ4v) is 8.62. The number of halogens is 1. The molecule has 2 bridgehead atoms. The van der Waals surface area contributed by atoms with Gasteiger partial charge in [0.15, 0.2) is 0 Å². The zero-order chi connectivity index (χ0) is 27.5. The number of amides is 2. The van der Waals surface area contributed by atoms with Crippen LogP contribution in [-0.4, -0.2) is 116 Å². The van der Waals surface area contributed by atoms with Crippen LogP contribution >= 0.6 is 11.6 Å². The summed E-state index contributed by atoms with van der Waals surface area (Å²) in [7, 11) is -0.141. The van der Waals surface area contributed by atoms with Crippen LogP contribution in [0.2, 0.25) is 5.02 Å². The maximum absolute atomic E-state index is 14.0. The van der Waals surface area contributed by atoms with Gasteiger partial charge in [-0.1, -0.05) is 11.6 Å². The Kier molecular flexibility index (Phi) is 7.11. The van der Waals surface area contributed by atoms with Crippen molar-refractivity contribution in [3.8, 4) is 0 Å². The van der Waals surface area contributed by atoms with E-state index in [2.05, 4.69) is 0 Å². The smallest absolute Gasteiger partial charge is 0.411 e. The molecular formula is C27H37ClN4O6S. The molecule has 1 aromatic carbocycles. The summed E-state index contributed by atoms with van der Waals surface area (Å²) >= 11 is 6.04. The molecule has 5 fully saturated rings. The van der Waals surface area contributed by atoms with Crippen molar-refractivity contribution in [1.29, 1.82) is 0 Å². The second-order valence-electron chi connectivity index (χ2n) is 12.0. The second-order valence-corrected chi connectivity index (χ2v) is 14.3. The van der Waals surface area contributed by atoms with Crippen LogP contribution in [0.15, 0.2) is 29.2 Å². The predicted octanol–water partition coefficient (Wildman–Crippen LogP) is 2.41. The highest BCUT2D eigenvalue weighted by Gasteiger charge is 2.62. The molecule has 4 atom stereocenters. The SMILES string of the molecule is CN(C)CC(=O)N1CC2CCC(C1)N2C(=O)OC1([C@H]2COCC(C3CC3)N2S(=O)(=O)c2ccc(Cl)cc2)CC1. The number of piperazine rings is 1. The van der Waals surface area contributed by atoms with Crippen molar-refractivity contribution in [2.24, 2.45) is 5.92 Å². The molecule has 0 N–H and O–H groups in total. The fraction of sp³-hybridized carbons (Fsp3) is 0.704. The van der Waals surface area contributed by atoms with E-state index in [9.17, 15) is 18.0 Å². The summed E-state index contributed by atoms with van der Waals surface area (Å²) in [5.41, 5.74) is -0.915. The highest BCUT2D eigenvalue weighted by Crippen LogP contribution is 2.51. The van der Waals surface area contributed by atoms with Crippen molar-refractivity contribution in [2.45, 2.75) is 73.2 Å². The number of sulfonamides is 1. The largest absolute Gasteiger partial charge is 0.441 e. The van der Waals surface area contributed by atoms with E-state index in [4.69, 9.17) is 21.1 Å². The molecular weight excluding hydrogens is 544 g/mol. The first-order valence-electron chi connectivity index (χ1n) is 13.9. The van der Waals surface area contributed by atoms with E-state index in [0.29, 0.717) is 44.1 Å². The number of hydrogen-bond acceptors (Lipinski definition) is 7. The number of rotatable bonds is 7. The number of carbonyl (C=O) groups excluding carboxylic acids is 2. The molecule has 0 aromatic heterocycles. The average molecular weight is 581 g/mol. The third-order valence-electron chi connectivity index (χ3n) is 8.89. The summed E-state index contributed by atoms with van der Waals surface area (Å²) in [5, 5.41) is 0.469. The van der Waals surface area contributed by atoms with E-state index >= 15 is 0 Å². The maximum atomic E-state index is 14.0. The summed E-state index contributed by atoms with van der Waals surface area (Å²) < 4.78 is 41.9. The van der Waals surface area contributed by atoms with Gasteiger partial charge in [-0.3, -0.25) is 9.69 Å². The molecule has 2 amide bonds. The summed E-state index contributed by atoms with van der Waals surface area (Å²) in [5.74, 6) is 0.308. The van der Waals surface area contributed by atoms with Gasteiger partial charge in [-0.2, -0.15) is 4.31 Å². The molecule has 6 rings (SSSR count). The highest BCUT2D eigenvalue weighted by atomic mass is 35.5. The number of ether oxygens (including phenoxy) is 2. The van der Waals surface area contributed by atoms with Crippen LogP contribution in [0.5, 0.6) is 0 Å². The van der Waals surface area contributed by atoms with Crippen LogP contribution in [0.4, 0.5) is 4.79 Å². The molecule has 39 heavy (non-hydrogen) atoms. The van der Waals surface area contributed by atoms with Crippen molar-refractivity contribution in [3.05, 3.63) is 29.3 Å².